The summed E-state index contributed by atoms with van der Waals surface area (Å²) < 4.78 is 32.7. The molecule has 0 saturated heterocycles. The fourth-order valence-corrected chi connectivity index (χ4v) is 4.61. The zero-order valence-electron chi connectivity index (χ0n) is 16.8. The number of esters is 1. The Morgan fingerprint density at radius 3 is 2.45 bits per heavy atom. The molecule has 0 unspecified atom stereocenters. The van der Waals surface area contributed by atoms with Gasteiger partial charge in [0.2, 0.25) is 0 Å². The van der Waals surface area contributed by atoms with Gasteiger partial charge in [0.1, 0.15) is 4.90 Å². The van der Waals surface area contributed by atoms with Crippen LogP contribution < -0.4 is 9.62 Å². The third-order valence-corrected chi connectivity index (χ3v) is 6.58. The maximum Gasteiger partial charge on any atom is 0.338 e. The first-order valence-electron chi connectivity index (χ1n) is 9.33. The van der Waals surface area contributed by atoms with E-state index in [0.717, 1.165) is 16.8 Å². The highest BCUT2D eigenvalue weighted by atomic mass is 35.5. The largest absolute Gasteiger partial charge is 0.452 e. The van der Waals surface area contributed by atoms with Crippen molar-refractivity contribution in [2.24, 2.45) is 0 Å². The summed E-state index contributed by atoms with van der Waals surface area (Å²) >= 11 is 12.1. The van der Waals surface area contributed by atoms with Gasteiger partial charge in [-0.25, -0.2) is 13.2 Å². The molecular formula is C21H22Cl2N2O5S. The van der Waals surface area contributed by atoms with E-state index in [-0.39, 0.29) is 22.0 Å². The molecule has 1 N–H and O–H groups in total. The van der Waals surface area contributed by atoms with Gasteiger partial charge in [-0.1, -0.05) is 36.2 Å². The van der Waals surface area contributed by atoms with Crippen molar-refractivity contribution in [2.45, 2.75) is 18.2 Å². The van der Waals surface area contributed by atoms with E-state index in [4.69, 9.17) is 27.9 Å². The highest BCUT2D eigenvalue weighted by Crippen LogP contribution is 2.30. The van der Waals surface area contributed by atoms with Crippen LogP contribution in [0.25, 0.3) is 0 Å². The summed E-state index contributed by atoms with van der Waals surface area (Å²) in [5.41, 5.74) is 0.293. The molecule has 0 aliphatic heterocycles. The smallest absolute Gasteiger partial charge is 0.338 e. The van der Waals surface area contributed by atoms with Gasteiger partial charge in [-0.05, 0) is 48.9 Å². The summed E-state index contributed by atoms with van der Waals surface area (Å²) in [6.45, 7) is 5.45. The number of sulfonamides is 1. The van der Waals surface area contributed by atoms with Crippen LogP contribution in [0.15, 0.2) is 60.0 Å². The Morgan fingerprint density at radius 2 is 1.84 bits per heavy atom. The van der Waals surface area contributed by atoms with Crippen LogP contribution in [0.2, 0.25) is 10.0 Å². The molecule has 1 amide bonds. The predicted octanol–water partition coefficient (Wildman–Crippen LogP) is 4.06. The molecule has 2 aromatic carbocycles. The number of carbonyl (C=O) groups is 2. The number of hydrogen-bond acceptors (Lipinski definition) is 5. The summed E-state index contributed by atoms with van der Waals surface area (Å²) in [4.78, 5) is 23.7. The fraction of sp³-hybridized carbons (Fsp3) is 0.238. The molecule has 0 heterocycles. The minimum Gasteiger partial charge on any atom is -0.452 e. The number of rotatable bonds is 10. The minimum atomic E-state index is -4.16. The van der Waals surface area contributed by atoms with E-state index < -0.39 is 28.5 Å². The molecule has 0 spiro atoms. The summed E-state index contributed by atoms with van der Waals surface area (Å²) in [6, 6.07) is 9.94. The van der Waals surface area contributed by atoms with Crippen LogP contribution in [0, 0.1) is 0 Å². The topological polar surface area (TPSA) is 92.8 Å². The van der Waals surface area contributed by atoms with Gasteiger partial charge < -0.3 is 10.1 Å². The lowest BCUT2D eigenvalue weighted by atomic mass is 10.2. The van der Waals surface area contributed by atoms with Gasteiger partial charge in [-0.2, -0.15) is 0 Å². The molecule has 7 nitrogen and oxygen atoms in total. The number of anilines is 1. The first kappa shape index (κ1) is 24.7. The minimum absolute atomic E-state index is 0.0352. The summed E-state index contributed by atoms with van der Waals surface area (Å²) in [5.74, 6) is -1.29. The Labute approximate surface area is 191 Å². The van der Waals surface area contributed by atoms with E-state index in [1.54, 1.807) is 24.3 Å². The molecule has 0 fully saturated rings. The number of halogens is 2. The summed E-state index contributed by atoms with van der Waals surface area (Å²) in [7, 11) is -4.16. The molecule has 0 atom stereocenters. The van der Waals surface area contributed by atoms with Gasteiger partial charge in [0.05, 0.1) is 22.8 Å². The second-order valence-electron chi connectivity index (χ2n) is 6.37. The number of carbonyl (C=O) groups excluding carboxylic acids is 2. The number of nitrogens with one attached hydrogen (secondary N) is 1. The average Bonchev–Trinajstić information content (AvgIpc) is 2.75. The van der Waals surface area contributed by atoms with Crippen molar-refractivity contribution in [1.29, 1.82) is 0 Å². The third kappa shape index (κ3) is 6.46. The Bertz CT molecular complexity index is 1060. The van der Waals surface area contributed by atoms with Crippen LogP contribution in [0.5, 0.6) is 0 Å². The Balaban J connectivity index is 2.33. The molecule has 31 heavy (non-hydrogen) atoms. The number of ether oxygens (including phenoxy) is 1. The molecule has 2 rings (SSSR count). The molecule has 2 aromatic rings. The van der Waals surface area contributed by atoms with Crippen molar-refractivity contribution >= 4 is 50.8 Å². The maximum atomic E-state index is 13.3. The van der Waals surface area contributed by atoms with Crippen molar-refractivity contribution < 1.29 is 22.7 Å². The normalized spacial score (nSPS) is 10.9. The molecular weight excluding hydrogens is 463 g/mol. The van der Waals surface area contributed by atoms with E-state index in [2.05, 4.69) is 11.9 Å². The van der Waals surface area contributed by atoms with Crippen molar-refractivity contribution in [1.82, 2.24) is 5.32 Å². The number of benzene rings is 2. The van der Waals surface area contributed by atoms with Gasteiger partial charge >= 0.3 is 5.97 Å². The van der Waals surface area contributed by atoms with Gasteiger partial charge in [-0.15, -0.1) is 6.58 Å². The van der Waals surface area contributed by atoms with E-state index in [0.29, 0.717) is 17.3 Å². The average molecular weight is 485 g/mol. The van der Waals surface area contributed by atoms with E-state index in [1.165, 1.54) is 18.2 Å². The first-order chi connectivity index (χ1) is 14.7. The molecule has 0 aliphatic rings. The van der Waals surface area contributed by atoms with Crippen molar-refractivity contribution in [3.8, 4) is 0 Å². The van der Waals surface area contributed by atoms with Crippen molar-refractivity contribution in [2.75, 3.05) is 24.0 Å². The lowest BCUT2D eigenvalue weighted by Crippen LogP contribution is -2.31. The standard InChI is InChI=1S/C21H22Cl2N2O5S/c1-3-11-24-20(26)14-30-21(27)15-5-10-18(23)19(13-15)31(28,29)25(12-4-2)17-8-6-16(22)7-9-17/h4-10,13H,2-3,11-12,14H2,1H3,(H,24,26). The molecule has 166 valence electrons. The zero-order chi connectivity index (χ0) is 23.0. The van der Waals surface area contributed by atoms with Gasteiger partial charge in [0.15, 0.2) is 6.61 Å². The van der Waals surface area contributed by atoms with E-state index >= 15 is 0 Å². The number of hydrogen-bond donors (Lipinski definition) is 1. The fourth-order valence-electron chi connectivity index (χ4n) is 2.54. The summed E-state index contributed by atoms with van der Waals surface area (Å²) in [6.07, 6.45) is 2.17. The van der Waals surface area contributed by atoms with Crippen LogP contribution in [0.1, 0.15) is 23.7 Å². The van der Waals surface area contributed by atoms with Crippen LogP contribution in [0.4, 0.5) is 5.69 Å². The predicted molar refractivity (Wildman–Crippen MR) is 121 cm³/mol. The molecule has 0 bridgehead atoms. The zero-order valence-corrected chi connectivity index (χ0v) is 19.1. The third-order valence-electron chi connectivity index (χ3n) is 4.05. The van der Waals surface area contributed by atoms with Crippen LogP contribution >= 0.6 is 23.2 Å². The Hall–Kier alpha value is -2.55. The van der Waals surface area contributed by atoms with Crippen molar-refractivity contribution in [3.63, 3.8) is 0 Å². The van der Waals surface area contributed by atoms with Gasteiger partial charge in [-0.3, -0.25) is 9.10 Å². The molecule has 0 aromatic heterocycles. The van der Waals surface area contributed by atoms with Crippen LogP contribution in [0.3, 0.4) is 0 Å². The van der Waals surface area contributed by atoms with Gasteiger partial charge in [0, 0.05) is 11.6 Å². The molecule has 0 radical (unpaired) electrons. The number of amides is 1. The Kier molecular flexibility index (Phi) is 8.91. The highest BCUT2D eigenvalue weighted by Gasteiger charge is 2.28. The monoisotopic (exact) mass is 484 g/mol. The SMILES string of the molecule is C=CCN(c1ccc(Cl)cc1)S(=O)(=O)c1cc(C(=O)OCC(=O)NCCC)ccc1Cl. The van der Waals surface area contributed by atoms with Crippen molar-refractivity contribution in [3.05, 3.63) is 70.7 Å². The lowest BCUT2D eigenvalue weighted by molar-refractivity contribution is -0.124. The highest BCUT2D eigenvalue weighted by molar-refractivity contribution is 7.93. The number of nitrogens with zero attached hydrogens (tertiary/aromatic N) is 1. The van der Waals surface area contributed by atoms with Crippen LogP contribution in [-0.2, 0) is 19.6 Å². The Morgan fingerprint density at radius 1 is 1.16 bits per heavy atom. The van der Waals surface area contributed by atoms with Crippen LogP contribution in [-0.4, -0.2) is 40.0 Å². The van der Waals surface area contributed by atoms with Gasteiger partial charge in [0.25, 0.3) is 15.9 Å². The van der Waals surface area contributed by atoms with E-state index in [1.807, 2.05) is 6.92 Å². The lowest BCUT2D eigenvalue weighted by Gasteiger charge is -2.24. The van der Waals surface area contributed by atoms with E-state index in [9.17, 15) is 18.0 Å². The molecule has 0 aliphatic carbocycles. The second kappa shape index (κ2) is 11.2. The second-order valence-corrected chi connectivity index (χ2v) is 9.05. The summed E-state index contributed by atoms with van der Waals surface area (Å²) in [5, 5.41) is 2.96. The first-order valence-corrected chi connectivity index (χ1v) is 11.5. The maximum absolute atomic E-state index is 13.3. The molecule has 0 saturated carbocycles. The quantitative estimate of drug-likeness (QED) is 0.405. The molecule has 10 heteroatoms.